The van der Waals surface area contributed by atoms with Gasteiger partial charge in [0.25, 0.3) is 0 Å². The molecule has 2 rings (SSSR count). The first-order chi connectivity index (χ1) is 6.73. The van der Waals surface area contributed by atoms with Gasteiger partial charge >= 0.3 is 5.97 Å². The van der Waals surface area contributed by atoms with Gasteiger partial charge in [0.15, 0.2) is 0 Å². The molecule has 2 aliphatic heterocycles. The highest BCUT2D eigenvalue weighted by molar-refractivity contribution is 5.81. The minimum absolute atomic E-state index is 0.201. The van der Waals surface area contributed by atoms with Gasteiger partial charge in [-0.2, -0.15) is 0 Å². The van der Waals surface area contributed by atoms with Crippen molar-refractivity contribution in [2.75, 3.05) is 26.2 Å². The molecule has 0 aromatic carbocycles. The quantitative estimate of drug-likeness (QED) is 0.553. The van der Waals surface area contributed by atoms with Crippen LogP contribution in [0, 0.1) is 0 Å². The summed E-state index contributed by atoms with van der Waals surface area (Å²) in [4.78, 5) is 11.0. The lowest BCUT2D eigenvalue weighted by Crippen LogP contribution is -2.72. The van der Waals surface area contributed by atoms with Gasteiger partial charge < -0.3 is 15.2 Å². The maximum Gasteiger partial charge on any atom is 0.326 e. The zero-order valence-electron chi connectivity index (χ0n) is 8.08. The summed E-state index contributed by atoms with van der Waals surface area (Å²) in [5, 5.41) is 15.1. The minimum Gasteiger partial charge on any atom is -0.480 e. The summed E-state index contributed by atoms with van der Waals surface area (Å²) < 4.78 is 5.42. The molecule has 3 N–H and O–H groups in total. The smallest absolute Gasteiger partial charge is 0.326 e. The number of aliphatic carboxylic acids is 1. The molecule has 0 amide bonds. The molecule has 0 aromatic heterocycles. The maximum atomic E-state index is 11.0. The topological polar surface area (TPSA) is 70.6 Å². The van der Waals surface area contributed by atoms with Crippen LogP contribution in [0.1, 0.15) is 12.8 Å². The van der Waals surface area contributed by atoms with Gasteiger partial charge in [0.1, 0.15) is 5.54 Å². The predicted octanol–water partition coefficient (Wildman–Crippen LogP) is -0.818. The Morgan fingerprint density at radius 3 is 2.86 bits per heavy atom. The summed E-state index contributed by atoms with van der Waals surface area (Å²) in [7, 11) is 0. The van der Waals surface area contributed by atoms with Crippen LogP contribution in [-0.2, 0) is 9.53 Å². The highest BCUT2D eigenvalue weighted by Crippen LogP contribution is 2.15. The Labute approximate surface area is 82.8 Å². The van der Waals surface area contributed by atoms with Gasteiger partial charge in [-0.25, -0.2) is 0 Å². The van der Waals surface area contributed by atoms with Gasteiger partial charge in [0.05, 0.1) is 6.10 Å². The summed E-state index contributed by atoms with van der Waals surface area (Å²) in [5.74, 6) is -0.769. The van der Waals surface area contributed by atoms with Crippen LogP contribution in [0.5, 0.6) is 0 Å². The summed E-state index contributed by atoms with van der Waals surface area (Å²) in [5.41, 5.74) is -0.744. The first-order valence-corrected chi connectivity index (χ1v) is 5.04. The molecule has 0 aliphatic carbocycles. The molecular weight excluding hydrogens is 184 g/mol. The molecule has 0 aromatic rings. The lowest BCUT2D eigenvalue weighted by Gasteiger charge is -2.39. The van der Waals surface area contributed by atoms with Gasteiger partial charge in [-0.05, 0) is 12.8 Å². The third-order valence-corrected chi connectivity index (χ3v) is 2.96. The third-order valence-electron chi connectivity index (χ3n) is 2.96. The Morgan fingerprint density at radius 2 is 2.43 bits per heavy atom. The molecule has 14 heavy (non-hydrogen) atoms. The fraction of sp³-hybridized carbons (Fsp3) is 0.889. The van der Waals surface area contributed by atoms with E-state index < -0.39 is 11.5 Å². The van der Waals surface area contributed by atoms with Crippen LogP contribution in [0.2, 0.25) is 0 Å². The normalized spacial score (nSPS) is 29.9. The monoisotopic (exact) mass is 200 g/mol. The lowest BCUT2D eigenvalue weighted by atomic mass is 9.92. The summed E-state index contributed by atoms with van der Waals surface area (Å²) in [6, 6.07) is 0. The molecule has 2 heterocycles. The van der Waals surface area contributed by atoms with Crippen molar-refractivity contribution >= 4 is 5.97 Å². The fourth-order valence-electron chi connectivity index (χ4n) is 1.84. The van der Waals surface area contributed by atoms with Crippen LogP contribution >= 0.6 is 0 Å². The van der Waals surface area contributed by atoms with Crippen LogP contribution < -0.4 is 10.6 Å². The maximum absolute atomic E-state index is 11.0. The second-order valence-electron chi connectivity index (χ2n) is 4.01. The molecule has 0 radical (unpaired) electrons. The van der Waals surface area contributed by atoms with Crippen LogP contribution in [0.4, 0.5) is 0 Å². The van der Waals surface area contributed by atoms with Crippen LogP contribution in [0.25, 0.3) is 0 Å². The average molecular weight is 200 g/mol. The minimum atomic E-state index is -0.769. The SMILES string of the molecule is O=C(O)C1(NCC2CCCO2)CNC1. The van der Waals surface area contributed by atoms with Gasteiger partial charge in [-0.1, -0.05) is 0 Å². The molecule has 2 fully saturated rings. The first-order valence-electron chi connectivity index (χ1n) is 5.04. The number of rotatable bonds is 4. The number of carboxylic acid groups (broad SMARTS) is 1. The van der Waals surface area contributed by atoms with Crippen LogP contribution in [0.3, 0.4) is 0 Å². The van der Waals surface area contributed by atoms with E-state index in [2.05, 4.69) is 10.6 Å². The Hall–Kier alpha value is -0.650. The second kappa shape index (κ2) is 3.84. The van der Waals surface area contributed by atoms with E-state index in [4.69, 9.17) is 9.84 Å². The number of hydrogen-bond acceptors (Lipinski definition) is 4. The molecule has 5 nitrogen and oxygen atoms in total. The first kappa shape index (κ1) is 9.89. The molecule has 2 aliphatic rings. The van der Waals surface area contributed by atoms with Gasteiger partial charge in [-0.15, -0.1) is 0 Å². The molecule has 2 saturated heterocycles. The highest BCUT2D eigenvalue weighted by atomic mass is 16.5. The molecule has 1 unspecified atom stereocenters. The van der Waals surface area contributed by atoms with Crippen molar-refractivity contribution in [2.24, 2.45) is 0 Å². The summed E-state index contributed by atoms with van der Waals surface area (Å²) in [6.45, 7) is 2.47. The van der Waals surface area contributed by atoms with E-state index in [0.717, 1.165) is 19.4 Å². The Bertz CT molecular complexity index is 222. The van der Waals surface area contributed by atoms with E-state index in [-0.39, 0.29) is 6.10 Å². The number of carboxylic acids is 1. The molecule has 80 valence electrons. The second-order valence-corrected chi connectivity index (χ2v) is 4.01. The molecule has 0 spiro atoms. The van der Waals surface area contributed by atoms with E-state index in [9.17, 15) is 4.79 Å². The third kappa shape index (κ3) is 1.75. The lowest BCUT2D eigenvalue weighted by molar-refractivity contribution is -0.147. The Balaban J connectivity index is 1.80. The van der Waals surface area contributed by atoms with E-state index >= 15 is 0 Å². The molecule has 1 atom stereocenters. The highest BCUT2D eigenvalue weighted by Gasteiger charge is 2.44. The number of ether oxygens (including phenoxy) is 1. The van der Waals surface area contributed by atoms with E-state index in [1.807, 2.05) is 0 Å². The van der Waals surface area contributed by atoms with Crippen molar-refractivity contribution in [2.45, 2.75) is 24.5 Å². The zero-order chi connectivity index (χ0) is 10.0. The van der Waals surface area contributed by atoms with Gasteiger partial charge in [-0.3, -0.25) is 10.1 Å². The fourth-order valence-corrected chi connectivity index (χ4v) is 1.84. The number of nitrogens with one attached hydrogen (secondary N) is 2. The summed E-state index contributed by atoms with van der Waals surface area (Å²) in [6.07, 6.45) is 2.33. The standard InChI is InChI=1S/C9H16N2O3/c12-8(13)9(5-10-6-9)11-4-7-2-1-3-14-7/h7,10-11H,1-6H2,(H,12,13). The zero-order valence-corrected chi connectivity index (χ0v) is 8.08. The Kier molecular flexibility index (Phi) is 2.71. The van der Waals surface area contributed by atoms with E-state index in [1.165, 1.54) is 0 Å². The Morgan fingerprint density at radius 1 is 1.64 bits per heavy atom. The van der Waals surface area contributed by atoms with Gasteiger partial charge in [0.2, 0.25) is 0 Å². The van der Waals surface area contributed by atoms with Crippen molar-refractivity contribution in [1.82, 2.24) is 10.6 Å². The molecular formula is C9H16N2O3. The average Bonchev–Trinajstić information content (AvgIpc) is 2.53. The molecule has 0 saturated carbocycles. The largest absolute Gasteiger partial charge is 0.480 e. The predicted molar refractivity (Wildman–Crippen MR) is 50.2 cm³/mol. The number of carbonyl (C=O) groups is 1. The van der Waals surface area contributed by atoms with E-state index in [1.54, 1.807) is 0 Å². The van der Waals surface area contributed by atoms with Crippen molar-refractivity contribution in [3.05, 3.63) is 0 Å². The van der Waals surface area contributed by atoms with Crippen molar-refractivity contribution < 1.29 is 14.6 Å². The molecule has 5 heteroatoms. The van der Waals surface area contributed by atoms with Crippen LogP contribution in [-0.4, -0.2) is 49.0 Å². The van der Waals surface area contributed by atoms with Crippen LogP contribution in [0.15, 0.2) is 0 Å². The van der Waals surface area contributed by atoms with Crippen molar-refractivity contribution in [3.8, 4) is 0 Å². The van der Waals surface area contributed by atoms with Crippen molar-refractivity contribution in [3.63, 3.8) is 0 Å². The van der Waals surface area contributed by atoms with E-state index in [0.29, 0.717) is 19.6 Å². The van der Waals surface area contributed by atoms with Crippen molar-refractivity contribution in [1.29, 1.82) is 0 Å². The summed E-state index contributed by atoms with van der Waals surface area (Å²) >= 11 is 0. The number of hydrogen-bond donors (Lipinski definition) is 3. The van der Waals surface area contributed by atoms with Gasteiger partial charge in [0, 0.05) is 26.2 Å². The molecule has 0 bridgehead atoms.